The highest BCUT2D eigenvalue weighted by Gasteiger charge is 2.23. The Bertz CT molecular complexity index is 999. The van der Waals surface area contributed by atoms with Gasteiger partial charge in [-0.2, -0.15) is 0 Å². The molecular formula is C20H24N4O4. The molecule has 0 radical (unpaired) electrons. The minimum Gasteiger partial charge on any atom is -0.394 e. The number of pyridine rings is 1. The minimum atomic E-state index is -1.07. The predicted octanol–water partition coefficient (Wildman–Crippen LogP) is 1.95. The van der Waals surface area contributed by atoms with E-state index in [1.807, 2.05) is 43.7 Å². The number of aliphatic hydroxyl groups is 2. The fourth-order valence-corrected chi connectivity index (χ4v) is 3.03. The van der Waals surface area contributed by atoms with Gasteiger partial charge >= 0.3 is 0 Å². The van der Waals surface area contributed by atoms with Crippen molar-refractivity contribution in [2.45, 2.75) is 20.0 Å². The monoisotopic (exact) mass is 384 g/mol. The SMILES string of the molecule is Cc1ccc(Nc2c(C(=O)NOC[C@@H](O)CO)c3cccnc3n2C)c(C)c1. The van der Waals surface area contributed by atoms with Crippen molar-refractivity contribution in [3.05, 3.63) is 53.2 Å². The number of nitrogens with one attached hydrogen (secondary N) is 2. The largest absolute Gasteiger partial charge is 0.394 e. The minimum absolute atomic E-state index is 0.217. The third-order valence-electron chi connectivity index (χ3n) is 4.46. The molecule has 28 heavy (non-hydrogen) atoms. The maximum absolute atomic E-state index is 12.8. The number of anilines is 2. The Labute approximate surface area is 162 Å². The number of nitrogens with zero attached hydrogens (tertiary/aromatic N) is 2. The first kappa shape index (κ1) is 19.8. The van der Waals surface area contributed by atoms with Crippen molar-refractivity contribution in [1.82, 2.24) is 15.0 Å². The maximum Gasteiger partial charge on any atom is 0.279 e. The van der Waals surface area contributed by atoms with Gasteiger partial charge in [0.1, 0.15) is 24.2 Å². The topological polar surface area (TPSA) is 109 Å². The third kappa shape index (κ3) is 3.99. The lowest BCUT2D eigenvalue weighted by Crippen LogP contribution is -2.30. The lowest BCUT2D eigenvalue weighted by atomic mass is 10.1. The Kier molecular flexibility index (Phi) is 5.93. The molecule has 3 aromatic rings. The number of aromatic nitrogens is 2. The average Bonchev–Trinajstić information content (AvgIpc) is 2.96. The van der Waals surface area contributed by atoms with Crippen molar-refractivity contribution in [2.75, 3.05) is 18.5 Å². The van der Waals surface area contributed by atoms with E-state index in [4.69, 9.17) is 9.94 Å². The standard InChI is InChI=1S/C20H24N4O4/c1-12-6-7-16(13(2)9-12)22-19-17(20(27)23-28-11-14(26)10-25)15-5-4-8-21-18(15)24(19)3/h4-9,14,22,25-26H,10-11H2,1-3H3,(H,23,27)/t14-/m0/s1. The summed E-state index contributed by atoms with van der Waals surface area (Å²) in [6, 6.07) is 9.59. The first-order valence-corrected chi connectivity index (χ1v) is 8.91. The molecule has 0 saturated heterocycles. The quantitative estimate of drug-likeness (QED) is 0.464. The van der Waals surface area contributed by atoms with Crippen LogP contribution in [0.15, 0.2) is 36.5 Å². The second-order valence-corrected chi connectivity index (χ2v) is 6.68. The highest BCUT2D eigenvalue weighted by Crippen LogP contribution is 2.31. The molecular weight excluding hydrogens is 360 g/mol. The number of aryl methyl sites for hydroxylation is 3. The Morgan fingerprint density at radius 1 is 1.32 bits per heavy atom. The summed E-state index contributed by atoms with van der Waals surface area (Å²) < 4.78 is 1.81. The molecule has 0 saturated carbocycles. The van der Waals surface area contributed by atoms with Gasteiger partial charge in [-0.25, -0.2) is 10.5 Å². The number of rotatable bonds is 7. The van der Waals surface area contributed by atoms with Gasteiger partial charge in [0.2, 0.25) is 0 Å². The molecule has 2 heterocycles. The molecule has 2 aromatic heterocycles. The van der Waals surface area contributed by atoms with E-state index >= 15 is 0 Å². The van der Waals surface area contributed by atoms with E-state index in [-0.39, 0.29) is 6.61 Å². The van der Waals surface area contributed by atoms with Crippen LogP contribution in [0.25, 0.3) is 11.0 Å². The lowest BCUT2D eigenvalue weighted by Gasteiger charge is -2.14. The summed E-state index contributed by atoms with van der Waals surface area (Å²) in [5.41, 5.74) is 6.43. The van der Waals surface area contributed by atoms with E-state index in [2.05, 4.69) is 21.8 Å². The molecule has 1 atom stereocenters. The normalized spacial score (nSPS) is 12.2. The third-order valence-corrected chi connectivity index (χ3v) is 4.46. The zero-order valence-corrected chi connectivity index (χ0v) is 16.1. The van der Waals surface area contributed by atoms with Gasteiger partial charge in [0.05, 0.1) is 12.2 Å². The molecule has 8 heteroatoms. The van der Waals surface area contributed by atoms with E-state index in [9.17, 15) is 9.90 Å². The molecule has 0 aliphatic rings. The number of carbonyl (C=O) groups excluding carboxylic acids is 1. The molecule has 148 valence electrons. The molecule has 1 aromatic carbocycles. The van der Waals surface area contributed by atoms with Crippen molar-refractivity contribution in [1.29, 1.82) is 0 Å². The number of hydrogen-bond acceptors (Lipinski definition) is 6. The van der Waals surface area contributed by atoms with E-state index in [1.165, 1.54) is 0 Å². The Morgan fingerprint density at radius 3 is 2.82 bits per heavy atom. The van der Waals surface area contributed by atoms with Gasteiger partial charge in [0.15, 0.2) is 0 Å². The fraction of sp³-hybridized carbons (Fsp3) is 0.300. The molecule has 0 spiro atoms. The predicted molar refractivity (Wildman–Crippen MR) is 106 cm³/mol. The van der Waals surface area contributed by atoms with Crippen LogP contribution in [0, 0.1) is 13.8 Å². The van der Waals surface area contributed by atoms with Crippen LogP contribution in [0.3, 0.4) is 0 Å². The van der Waals surface area contributed by atoms with Crippen molar-refractivity contribution >= 4 is 28.4 Å². The fourth-order valence-electron chi connectivity index (χ4n) is 3.03. The van der Waals surface area contributed by atoms with Gasteiger partial charge in [0, 0.05) is 24.3 Å². The van der Waals surface area contributed by atoms with E-state index in [1.54, 1.807) is 12.3 Å². The Morgan fingerprint density at radius 2 is 2.11 bits per heavy atom. The maximum atomic E-state index is 12.8. The summed E-state index contributed by atoms with van der Waals surface area (Å²) in [4.78, 5) is 22.2. The number of fused-ring (bicyclic) bond motifs is 1. The van der Waals surface area contributed by atoms with Crippen LogP contribution in [0.5, 0.6) is 0 Å². The zero-order valence-electron chi connectivity index (χ0n) is 16.1. The van der Waals surface area contributed by atoms with Crippen molar-refractivity contribution in [2.24, 2.45) is 7.05 Å². The number of aliphatic hydroxyl groups excluding tert-OH is 2. The molecule has 8 nitrogen and oxygen atoms in total. The van der Waals surface area contributed by atoms with Crippen LogP contribution < -0.4 is 10.8 Å². The van der Waals surface area contributed by atoms with Gasteiger partial charge in [-0.15, -0.1) is 0 Å². The van der Waals surface area contributed by atoms with Gasteiger partial charge in [-0.3, -0.25) is 9.63 Å². The molecule has 0 aliphatic carbocycles. The molecule has 1 amide bonds. The van der Waals surface area contributed by atoms with Gasteiger partial charge in [-0.1, -0.05) is 17.7 Å². The van der Waals surface area contributed by atoms with Crippen LogP contribution in [0.4, 0.5) is 11.5 Å². The van der Waals surface area contributed by atoms with E-state index in [0.717, 1.165) is 16.8 Å². The van der Waals surface area contributed by atoms with Gasteiger partial charge in [-0.05, 0) is 37.6 Å². The number of hydroxylamine groups is 1. The average molecular weight is 384 g/mol. The number of carbonyl (C=O) groups is 1. The lowest BCUT2D eigenvalue weighted by molar-refractivity contribution is -0.0294. The second-order valence-electron chi connectivity index (χ2n) is 6.68. The van der Waals surface area contributed by atoms with Crippen molar-refractivity contribution in [3.63, 3.8) is 0 Å². The van der Waals surface area contributed by atoms with E-state index in [0.29, 0.717) is 22.4 Å². The summed E-state index contributed by atoms with van der Waals surface area (Å²) >= 11 is 0. The Balaban J connectivity index is 1.98. The van der Waals surface area contributed by atoms with Gasteiger partial charge < -0.3 is 20.1 Å². The highest BCUT2D eigenvalue weighted by atomic mass is 16.7. The second kappa shape index (κ2) is 8.39. The summed E-state index contributed by atoms with van der Waals surface area (Å²) in [5.74, 6) is 0.0977. The van der Waals surface area contributed by atoms with Crippen LogP contribution in [0.1, 0.15) is 21.5 Å². The highest BCUT2D eigenvalue weighted by molar-refractivity contribution is 6.11. The van der Waals surface area contributed by atoms with E-state index < -0.39 is 18.6 Å². The smallest absolute Gasteiger partial charge is 0.279 e. The molecule has 0 aliphatic heterocycles. The van der Waals surface area contributed by atoms with Gasteiger partial charge in [0.25, 0.3) is 5.91 Å². The molecule has 3 rings (SSSR count). The number of amides is 1. The summed E-state index contributed by atoms with van der Waals surface area (Å²) in [6.07, 6.45) is 0.598. The number of hydrogen-bond donors (Lipinski definition) is 4. The van der Waals surface area contributed by atoms with Crippen molar-refractivity contribution in [3.8, 4) is 0 Å². The molecule has 0 unspecified atom stereocenters. The number of benzene rings is 1. The zero-order chi connectivity index (χ0) is 20.3. The molecule has 0 fully saturated rings. The molecule has 0 bridgehead atoms. The summed E-state index contributed by atoms with van der Waals surface area (Å²) in [7, 11) is 1.83. The van der Waals surface area contributed by atoms with Crippen LogP contribution in [-0.4, -0.2) is 45.0 Å². The van der Waals surface area contributed by atoms with Crippen molar-refractivity contribution < 1.29 is 19.8 Å². The first-order valence-electron chi connectivity index (χ1n) is 8.91. The summed E-state index contributed by atoms with van der Waals surface area (Å²) in [5, 5.41) is 22.2. The van der Waals surface area contributed by atoms with Crippen LogP contribution in [0.2, 0.25) is 0 Å². The summed E-state index contributed by atoms with van der Waals surface area (Å²) in [6.45, 7) is 3.35. The molecule has 4 N–H and O–H groups in total. The first-order chi connectivity index (χ1) is 13.4. The van der Waals surface area contributed by atoms with Crippen LogP contribution >= 0.6 is 0 Å². The Hall–Kier alpha value is -2.94. The van der Waals surface area contributed by atoms with Crippen LogP contribution in [-0.2, 0) is 11.9 Å².